The Bertz CT molecular complexity index is 1420. The van der Waals surface area contributed by atoms with E-state index in [0.29, 0.717) is 23.3 Å². The van der Waals surface area contributed by atoms with Crippen molar-refractivity contribution in [3.05, 3.63) is 84.3 Å². The highest BCUT2D eigenvalue weighted by Gasteiger charge is 2.26. The number of pyridine rings is 1. The molecule has 4 aromatic rings. The lowest BCUT2D eigenvalue weighted by Gasteiger charge is -2.13. The SMILES string of the molecule is Cn1cc(-c2ccncc2)c(-c2c(F)ccc(NS(=O)(=O)c3cc(F)ccc3F)c2F)n1. The Morgan fingerprint density at radius 2 is 1.62 bits per heavy atom. The van der Waals surface area contributed by atoms with Crippen LogP contribution in [-0.4, -0.2) is 23.2 Å². The second-order valence-electron chi connectivity index (χ2n) is 6.77. The van der Waals surface area contributed by atoms with E-state index in [1.165, 1.54) is 17.1 Å². The Labute approximate surface area is 180 Å². The Kier molecular flexibility index (Phi) is 5.43. The predicted octanol–water partition coefficient (Wildman–Crippen LogP) is 4.51. The van der Waals surface area contributed by atoms with Crippen molar-refractivity contribution in [2.24, 2.45) is 7.05 Å². The minimum Gasteiger partial charge on any atom is -0.277 e. The van der Waals surface area contributed by atoms with Gasteiger partial charge in [0.15, 0.2) is 5.82 Å². The van der Waals surface area contributed by atoms with Crippen LogP contribution >= 0.6 is 0 Å². The zero-order valence-corrected chi connectivity index (χ0v) is 17.2. The van der Waals surface area contributed by atoms with Gasteiger partial charge in [-0.25, -0.2) is 26.0 Å². The lowest BCUT2D eigenvalue weighted by atomic mass is 10.0. The van der Waals surface area contributed by atoms with E-state index in [2.05, 4.69) is 10.1 Å². The monoisotopic (exact) mass is 462 g/mol. The maximum atomic E-state index is 15.4. The van der Waals surface area contributed by atoms with Crippen molar-refractivity contribution >= 4 is 15.7 Å². The smallest absolute Gasteiger partial charge is 0.265 e. The number of halogens is 4. The summed E-state index contributed by atoms with van der Waals surface area (Å²) in [7, 11) is -3.16. The second-order valence-corrected chi connectivity index (χ2v) is 8.42. The van der Waals surface area contributed by atoms with Gasteiger partial charge < -0.3 is 0 Å². The zero-order chi connectivity index (χ0) is 23.0. The largest absolute Gasteiger partial charge is 0.277 e. The van der Waals surface area contributed by atoms with Gasteiger partial charge in [-0.05, 0) is 48.0 Å². The highest BCUT2D eigenvalue weighted by molar-refractivity contribution is 7.92. The molecule has 0 aliphatic carbocycles. The average Bonchev–Trinajstić information content (AvgIpc) is 3.14. The first kappa shape index (κ1) is 21.5. The number of hydrogen-bond acceptors (Lipinski definition) is 4. The fraction of sp³-hybridized carbons (Fsp3) is 0.0476. The molecule has 2 aromatic carbocycles. The number of benzene rings is 2. The number of nitrogens with zero attached hydrogens (tertiary/aromatic N) is 3. The minimum atomic E-state index is -4.72. The summed E-state index contributed by atoms with van der Waals surface area (Å²) in [5.74, 6) is -4.48. The fourth-order valence-electron chi connectivity index (χ4n) is 3.15. The molecule has 0 unspecified atom stereocenters. The van der Waals surface area contributed by atoms with Gasteiger partial charge in [0.2, 0.25) is 0 Å². The molecule has 2 heterocycles. The van der Waals surface area contributed by atoms with Gasteiger partial charge in [-0.1, -0.05) is 0 Å². The van der Waals surface area contributed by atoms with Crippen LogP contribution in [-0.2, 0) is 17.1 Å². The molecule has 2 aromatic heterocycles. The maximum absolute atomic E-state index is 15.4. The van der Waals surface area contributed by atoms with Gasteiger partial charge in [0, 0.05) is 31.2 Å². The van der Waals surface area contributed by atoms with Gasteiger partial charge in [-0.2, -0.15) is 5.10 Å². The third-order valence-electron chi connectivity index (χ3n) is 4.58. The van der Waals surface area contributed by atoms with E-state index >= 15 is 4.39 Å². The lowest BCUT2D eigenvalue weighted by Crippen LogP contribution is -2.16. The molecule has 0 spiro atoms. The predicted molar refractivity (Wildman–Crippen MR) is 109 cm³/mol. The number of hydrogen-bond donors (Lipinski definition) is 1. The molecule has 32 heavy (non-hydrogen) atoms. The number of nitrogens with one attached hydrogen (secondary N) is 1. The van der Waals surface area contributed by atoms with Crippen LogP contribution < -0.4 is 4.72 Å². The highest BCUT2D eigenvalue weighted by atomic mass is 32.2. The molecule has 0 bridgehead atoms. The Morgan fingerprint density at radius 1 is 0.938 bits per heavy atom. The average molecular weight is 462 g/mol. The topological polar surface area (TPSA) is 76.9 Å². The summed E-state index contributed by atoms with van der Waals surface area (Å²) < 4.78 is 85.8. The van der Waals surface area contributed by atoms with Crippen LogP contribution in [0.1, 0.15) is 0 Å². The Hall–Kier alpha value is -3.73. The van der Waals surface area contributed by atoms with Crippen molar-refractivity contribution < 1.29 is 26.0 Å². The van der Waals surface area contributed by atoms with Crippen molar-refractivity contribution in [1.82, 2.24) is 14.8 Å². The first-order valence-electron chi connectivity index (χ1n) is 9.07. The molecule has 0 aliphatic heterocycles. The molecule has 0 fully saturated rings. The van der Waals surface area contributed by atoms with Crippen LogP contribution in [0.3, 0.4) is 0 Å². The van der Waals surface area contributed by atoms with Crippen LogP contribution in [0.4, 0.5) is 23.2 Å². The number of rotatable bonds is 5. The first-order chi connectivity index (χ1) is 15.2. The van der Waals surface area contributed by atoms with Gasteiger partial charge in [-0.15, -0.1) is 0 Å². The Balaban J connectivity index is 1.83. The van der Waals surface area contributed by atoms with Crippen molar-refractivity contribution in [3.8, 4) is 22.4 Å². The molecule has 4 rings (SSSR count). The van der Waals surface area contributed by atoms with Gasteiger partial charge in [-0.3, -0.25) is 14.4 Å². The summed E-state index contributed by atoms with van der Waals surface area (Å²) in [5, 5.41) is 4.13. The van der Waals surface area contributed by atoms with E-state index in [1.807, 2.05) is 4.72 Å². The number of anilines is 1. The van der Waals surface area contributed by atoms with Gasteiger partial charge in [0.25, 0.3) is 10.0 Å². The summed E-state index contributed by atoms with van der Waals surface area (Å²) in [5.41, 5.74) is -0.362. The van der Waals surface area contributed by atoms with Crippen LogP contribution in [0.25, 0.3) is 22.4 Å². The molecule has 0 saturated carbocycles. The first-order valence-corrected chi connectivity index (χ1v) is 10.6. The Morgan fingerprint density at radius 3 is 2.34 bits per heavy atom. The molecule has 0 amide bonds. The molecule has 0 atom stereocenters. The number of sulfonamides is 1. The standard InChI is InChI=1S/C21H14F4N4O2S/c1-29-11-14(12-6-8-26-9-7-12)21(27-29)19-16(24)4-5-17(20(19)25)28-32(30,31)18-10-13(22)2-3-15(18)23/h2-11,28H,1H3. The molecular weight excluding hydrogens is 448 g/mol. The van der Waals surface area contributed by atoms with Crippen LogP contribution in [0.15, 0.2) is 66.0 Å². The summed E-state index contributed by atoms with van der Waals surface area (Å²) in [4.78, 5) is 2.89. The molecule has 6 nitrogen and oxygen atoms in total. The minimum absolute atomic E-state index is 0.0771. The van der Waals surface area contributed by atoms with E-state index in [-0.39, 0.29) is 5.69 Å². The molecule has 0 radical (unpaired) electrons. The molecule has 164 valence electrons. The van der Waals surface area contributed by atoms with E-state index in [0.717, 1.165) is 18.2 Å². The van der Waals surface area contributed by atoms with Crippen LogP contribution in [0.2, 0.25) is 0 Å². The normalized spacial score (nSPS) is 11.5. The van der Waals surface area contributed by atoms with Crippen molar-refractivity contribution in [2.45, 2.75) is 4.90 Å². The molecular formula is C21H14F4N4O2S. The summed E-state index contributed by atoms with van der Waals surface area (Å²) in [6.45, 7) is 0. The van der Waals surface area contributed by atoms with Crippen molar-refractivity contribution in [3.63, 3.8) is 0 Å². The van der Waals surface area contributed by atoms with Gasteiger partial charge in [0.1, 0.15) is 28.0 Å². The highest BCUT2D eigenvalue weighted by Crippen LogP contribution is 2.36. The third kappa shape index (κ3) is 3.94. The molecule has 11 heteroatoms. The van der Waals surface area contributed by atoms with E-state index < -0.39 is 49.4 Å². The number of aryl methyl sites for hydroxylation is 1. The second kappa shape index (κ2) is 8.08. The quantitative estimate of drug-likeness (QED) is 0.443. The molecule has 0 aliphatic rings. The number of aromatic nitrogens is 3. The lowest BCUT2D eigenvalue weighted by molar-refractivity contribution is 0.554. The van der Waals surface area contributed by atoms with Gasteiger partial charge in [0.05, 0.1) is 11.3 Å². The van der Waals surface area contributed by atoms with Crippen molar-refractivity contribution in [2.75, 3.05) is 4.72 Å². The van der Waals surface area contributed by atoms with E-state index in [1.54, 1.807) is 25.4 Å². The zero-order valence-electron chi connectivity index (χ0n) is 16.4. The summed E-state index contributed by atoms with van der Waals surface area (Å²) in [6, 6.07) is 6.77. The summed E-state index contributed by atoms with van der Waals surface area (Å²) in [6.07, 6.45) is 4.54. The van der Waals surface area contributed by atoms with Gasteiger partial charge >= 0.3 is 0 Å². The van der Waals surface area contributed by atoms with Crippen LogP contribution in [0, 0.1) is 23.3 Å². The molecule has 0 saturated heterocycles. The maximum Gasteiger partial charge on any atom is 0.265 e. The fourth-order valence-corrected chi connectivity index (χ4v) is 4.30. The van der Waals surface area contributed by atoms with E-state index in [9.17, 15) is 21.6 Å². The third-order valence-corrected chi connectivity index (χ3v) is 5.96. The van der Waals surface area contributed by atoms with Crippen LogP contribution in [0.5, 0.6) is 0 Å². The molecule has 1 N–H and O–H groups in total. The summed E-state index contributed by atoms with van der Waals surface area (Å²) >= 11 is 0. The van der Waals surface area contributed by atoms with Crippen molar-refractivity contribution in [1.29, 1.82) is 0 Å². The van der Waals surface area contributed by atoms with E-state index in [4.69, 9.17) is 0 Å².